The van der Waals surface area contributed by atoms with Gasteiger partial charge in [-0.25, -0.2) is 14.6 Å². The molecular formula is C29H37N5O4. The first kappa shape index (κ1) is 26.2. The Kier molecular flexibility index (Phi) is 7.13. The Balaban J connectivity index is 1.33. The number of nitrogens with zero attached hydrogens (tertiary/aromatic N) is 4. The van der Waals surface area contributed by atoms with Crippen molar-refractivity contribution in [1.29, 1.82) is 0 Å². The van der Waals surface area contributed by atoms with Crippen molar-refractivity contribution >= 4 is 23.7 Å². The Morgan fingerprint density at radius 1 is 1.11 bits per heavy atom. The van der Waals surface area contributed by atoms with Crippen LogP contribution in [0.4, 0.5) is 10.6 Å². The zero-order chi connectivity index (χ0) is 26.9. The molecule has 5 rings (SSSR count). The lowest BCUT2D eigenvalue weighted by Crippen LogP contribution is -2.56. The standard InChI is InChI=1S/C29H37N5O4/c1-32(2)29(23-9-4-3-5-10-23)14-12-28(13-15-29)20-33(27(38)34(28)18-21-7-6-8-21)19-25(35)31-24-17-22(26(36)37)11-16-30-24/h3-5,9-11,16-17,21H,6-8,12-15,18-20H2,1-2H3,(H,36,37)(H,30,31,35). The third kappa shape index (κ3) is 4.87. The predicted molar refractivity (Wildman–Crippen MR) is 144 cm³/mol. The molecule has 2 aliphatic carbocycles. The summed E-state index contributed by atoms with van der Waals surface area (Å²) in [6.45, 7) is 1.19. The average molecular weight is 520 g/mol. The number of hydrogen-bond donors (Lipinski definition) is 2. The van der Waals surface area contributed by atoms with E-state index in [0.29, 0.717) is 12.5 Å². The molecule has 2 N–H and O–H groups in total. The summed E-state index contributed by atoms with van der Waals surface area (Å²) in [7, 11) is 4.28. The number of nitrogens with one attached hydrogen (secondary N) is 1. The number of carboxylic acids is 1. The Labute approximate surface area is 223 Å². The van der Waals surface area contributed by atoms with Gasteiger partial charge in [-0.3, -0.25) is 9.69 Å². The third-order valence-corrected chi connectivity index (χ3v) is 9.01. The van der Waals surface area contributed by atoms with Gasteiger partial charge in [-0.1, -0.05) is 36.8 Å². The van der Waals surface area contributed by atoms with E-state index in [1.54, 1.807) is 4.90 Å². The molecule has 9 heteroatoms. The quantitative estimate of drug-likeness (QED) is 0.546. The fourth-order valence-electron chi connectivity index (χ4n) is 6.50. The first-order chi connectivity index (χ1) is 18.2. The summed E-state index contributed by atoms with van der Waals surface area (Å²) in [5, 5.41) is 11.9. The van der Waals surface area contributed by atoms with Crippen LogP contribution in [0, 0.1) is 5.92 Å². The first-order valence-corrected chi connectivity index (χ1v) is 13.5. The SMILES string of the molecule is CN(C)C1(c2ccccc2)CCC2(CC1)CN(CC(=O)Nc1cc(C(=O)O)ccn1)C(=O)N2CC1CCC1. The van der Waals surface area contributed by atoms with Crippen molar-refractivity contribution in [2.24, 2.45) is 5.92 Å². The van der Waals surface area contributed by atoms with Crippen molar-refractivity contribution in [3.8, 4) is 0 Å². The summed E-state index contributed by atoms with van der Waals surface area (Å²) in [5.74, 6) is -0.773. The van der Waals surface area contributed by atoms with Crippen LogP contribution in [0.1, 0.15) is 60.9 Å². The molecule has 1 aromatic heterocycles. The fourth-order valence-corrected chi connectivity index (χ4v) is 6.50. The van der Waals surface area contributed by atoms with Crippen molar-refractivity contribution in [2.75, 3.05) is 39.0 Å². The molecule has 0 bridgehead atoms. The van der Waals surface area contributed by atoms with Crippen molar-refractivity contribution in [1.82, 2.24) is 19.7 Å². The van der Waals surface area contributed by atoms with Gasteiger partial charge in [0.2, 0.25) is 5.91 Å². The van der Waals surface area contributed by atoms with Gasteiger partial charge in [0.15, 0.2) is 0 Å². The van der Waals surface area contributed by atoms with E-state index in [9.17, 15) is 19.5 Å². The minimum Gasteiger partial charge on any atom is -0.478 e. The number of amides is 3. The fraction of sp³-hybridized carbons (Fsp3) is 0.517. The lowest BCUT2D eigenvalue weighted by molar-refractivity contribution is -0.116. The van der Waals surface area contributed by atoms with Crippen LogP contribution in [0.3, 0.4) is 0 Å². The summed E-state index contributed by atoms with van der Waals surface area (Å²) >= 11 is 0. The maximum Gasteiger partial charge on any atom is 0.335 e. The van der Waals surface area contributed by atoms with Gasteiger partial charge in [-0.2, -0.15) is 0 Å². The van der Waals surface area contributed by atoms with E-state index in [0.717, 1.165) is 45.1 Å². The molecule has 3 fully saturated rings. The lowest BCUT2D eigenvalue weighted by Gasteiger charge is -2.51. The van der Waals surface area contributed by atoms with E-state index in [1.165, 1.54) is 30.3 Å². The Hall–Kier alpha value is -3.46. The van der Waals surface area contributed by atoms with Gasteiger partial charge in [-0.05, 0) is 76.2 Å². The molecule has 3 amide bonds. The summed E-state index contributed by atoms with van der Waals surface area (Å²) in [6, 6.07) is 13.3. The number of pyridine rings is 1. The Bertz CT molecular complexity index is 1190. The van der Waals surface area contributed by atoms with Crippen molar-refractivity contribution in [2.45, 2.75) is 56.0 Å². The highest BCUT2D eigenvalue weighted by Gasteiger charge is 2.55. The highest BCUT2D eigenvalue weighted by Crippen LogP contribution is 2.49. The molecule has 3 aliphatic rings. The van der Waals surface area contributed by atoms with Gasteiger partial charge in [0.25, 0.3) is 0 Å². The highest BCUT2D eigenvalue weighted by atomic mass is 16.4. The largest absolute Gasteiger partial charge is 0.478 e. The Morgan fingerprint density at radius 2 is 1.82 bits per heavy atom. The second-order valence-corrected chi connectivity index (χ2v) is 11.3. The van der Waals surface area contributed by atoms with Crippen LogP contribution in [-0.2, 0) is 10.3 Å². The molecule has 9 nitrogen and oxygen atoms in total. The van der Waals surface area contributed by atoms with E-state index < -0.39 is 5.97 Å². The van der Waals surface area contributed by atoms with Gasteiger partial charge >= 0.3 is 12.0 Å². The highest BCUT2D eigenvalue weighted by molar-refractivity contribution is 5.95. The first-order valence-electron chi connectivity index (χ1n) is 13.5. The van der Waals surface area contributed by atoms with E-state index in [-0.39, 0.29) is 40.9 Å². The number of carbonyl (C=O) groups excluding carboxylic acids is 2. The molecule has 2 aromatic rings. The minimum atomic E-state index is -1.09. The summed E-state index contributed by atoms with van der Waals surface area (Å²) < 4.78 is 0. The molecule has 38 heavy (non-hydrogen) atoms. The minimum absolute atomic E-state index is 0.0446. The number of anilines is 1. The molecule has 0 radical (unpaired) electrons. The molecule has 1 spiro atoms. The maximum absolute atomic E-state index is 13.7. The molecule has 0 atom stereocenters. The van der Waals surface area contributed by atoms with Crippen LogP contribution in [0.25, 0.3) is 0 Å². The number of aromatic nitrogens is 1. The smallest absolute Gasteiger partial charge is 0.335 e. The summed E-state index contributed by atoms with van der Waals surface area (Å²) in [6.07, 6.45) is 8.48. The molecule has 1 aliphatic heterocycles. The van der Waals surface area contributed by atoms with Crippen LogP contribution in [0.2, 0.25) is 0 Å². The number of benzene rings is 1. The summed E-state index contributed by atoms with van der Waals surface area (Å²) in [4.78, 5) is 48.0. The van der Waals surface area contributed by atoms with Gasteiger partial charge in [0, 0.05) is 24.8 Å². The number of carboxylic acid groups (broad SMARTS) is 1. The predicted octanol–water partition coefficient (Wildman–Crippen LogP) is 4.03. The van der Waals surface area contributed by atoms with Crippen molar-refractivity contribution < 1.29 is 19.5 Å². The maximum atomic E-state index is 13.7. The number of urea groups is 1. The van der Waals surface area contributed by atoms with Crippen molar-refractivity contribution in [3.05, 3.63) is 59.8 Å². The molecule has 202 valence electrons. The molecule has 0 unspecified atom stereocenters. The monoisotopic (exact) mass is 519 g/mol. The molecule has 1 saturated heterocycles. The van der Waals surface area contributed by atoms with E-state index in [2.05, 4.69) is 58.5 Å². The van der Waals surface area contributed by atoms with Crippen LogP contribution in [0.15, 0.2) is 48.7 Å². The van der Waals surface area contributed by atoms with Gasteiger partial charge in [-0.15, -0.1) is 0 Å². The van der Waals surface area contributed by atoms with E-state index in [1.807, 2.05) is 6.07 Å². The topological polar surface area (TPSA) is 106 Å². The number of carbonyl (C=O) groups is 3. The zero-order valence-electron chi connectivity index (χ0n) is 22.2. The Morgan fingerprint density at radius 3 is 2.42 bits per heavy atom. The van der Waals surface area contributed by atoms with Gasteiger partial charge in [0.1, 0.15) is 12.4 Å². The van der Waals surface area contributed by atoms with Gasteiger partial charge < -0.3 is 20.2 Å². The van der Waals surface area contributed by atoms with Crippen LogP contribution in [-0.4, -0.2) is 82.0 Å². The van der Waals surface area contributed by atoms with E-state index >= 15 is 0 Å². The lowest BCUT2D eigenvalue weighted by atomic mass is 9.68. The van der Waals surface area contributed by atoms with Crippen molar-refractivity contribution in [3.63, 3.8) is 0 Å². The third-order valence-electron chi connectivity index (χ3n) is 9.01. The summed E-state index contributed by atoms with van der Waals surface area (Å²) in [5.41, 5.74) is 0.983. The number of aromatic carboxylic acids is 1. The number of hydrogen-bond acceptors (Lipinski definition) is 5. The van der Waals surface area contributed by atoms with Crippen LogP contribution in [0.5, 0.6) is 0 Å². The average Bonchev–Trinajstić information content (AvgIpc) is 3.12. The molecule has 2 saturated carbocycles. The molecule has 2 heterocycles. The van der Waals surface area contributed by atoms with Gasteiger partial charge in [0.05, 0.1) is 11.1 Å². The number of rotatable bonds is 8. The van der Waals surface area contributed by atoms with E-state index in [4.69, 9.17) is 0 Å². The normalized spacial score (nSPS) is 25.6. The van der Waals surface area contributed by atoms with Crippen LogP contribution < -0.4 is 5.32 Å². The second-order valence-electron chi connectivity index (χ2n) is 11.3. The second kappa shape index (κ2) is 10.4. The molecular weight excluding hydrogens is 482 g/mol. The molecule has 1 aromatic carbocycles. The van der Waals surface area contributed by atoms with Crippen LogP contribution >= 0.6 is 0 Å². The zero-order valence-corrected chi connectivity index (χ0v) is 22.2.